The molecule has 0 saturated heterocycles. The largest absolute Gasteiger partial charge is 0.467 e. The first kappa shape index (κ1) is 22.6. The Balaban J connectivity index is 1.51. The predicted molar refractivity (Wildman–Crippen MR) is 133 cm³/mol. The van der Waals surface area contributed by atoms with Crippen LogP contribution in [0.15, 0.2) is 97.3 Å². The van der Waals surface area contributed by atoms with E-state index in [1.54, 1.807) is 11.2 Å². The molecule has 6 heteroatoms. The van der Waals surface area contributed by atoms with Gasteiger partial charge in [-0.1, -0.05) is 91.0 Å². The molecule has 4 aromatic rings. The van der Waals surface area contributed by atoms with Crippen LogP contribution in [0.2, 0.25) is 0 Å². The molecule has 1 amide bonds. The lowest BCUT2D eigenvalue weighted by molar-refractivity contribution is -0.154. The van der Waals surface area contributed by atoms with Crippen LogP contribution in [0.3, 0.4) is 0 Å². The summed E-state index contributed by atoms with van der Waals surface area (Å²) >= 11 is 0. The molecule has 1 aliphatic heterocycles. The van der Waals surface area contributed by atoms with E-state index in [0.29, 0.717) is 13.0 Å². The Morgan fingerprint density at radius 2 is 1.49 bits per heavy atom. The summed E-state index contributed by atoms with van der Waals surface area (Å²) in [7, 11) is 1.37. The minimum atomic E-state index is -0.721. The zero-order valence-electron chi connectivity index (χ0n) is 19.6. The molecule has 1 atom stereocenters. The lowest BCUT2D eigenvalue weighted by atomic mass is 9.88. The molecule has 2 heterocycles. The second kappa shape index (κ2) is 9.97. The first-order valence-corrected chi connectivity index (χ1v) is 11.7. The Kier molecular flexibility index (Phi) is 6.44. The molecular weight excluding hydrogens is 438 g/mol. The molecule has 0 bridgehead atoms. The number of carbonyl (C=O) groups is 2. The minimum absolute atomic E-state index is 0.138. The SMILES string of the molecule is COC(=O)[C@@H]1Cc2c(ncn2Cc2ccccc2)CN1C(=O)C(c1ccccc1)c1ccccc1. The summed E-state index contributed by atoms with van der Waals surface area (Å²) < 4.78 is 7.21. The molecule has 5 rings (SSSR count). The first-order valence-electron chi connectivity index (χ1n) is 11.7. The van der Waals surface area contributed by atoms with Gasteiger partial charge < -0.3 is 14.2 Å². The van der Waals surface area contributed by atoms with Crippen LogP contribution in [0.1, 0.15) is 34.0 Å². The fraction of sp³-hybridized carbons (Fsp3) is 0.207. The Morgan fingerprint density at radius 3 is 2.06 bits per heavy atom. The average molecular weight is 466 g/mol. The van der Waals surface area contributed by atoms with Crippen molar-refractivity contribution in [2.75, 3.05) is 7.11 Å². The molecule has 0 saturated carbocycles. The molecule has 6 nitrogen and oxygen atoms in total. The topological polar surface area (TPSA) is 64.4 Å². The highest BCUT2D eigenvalue weighted by Gasteiger charge is 2.40. The number of esters is 1. The molecule has 0 spiro atoms. The number of fused-ring (bicyclic) bond motifs is 1. The number of rotatable bonds is 6. The van der Waals surface area contributed by atoms with Gasteiger partial charge in [0, 0.05) is 18.7 Å². The fourth-order valence-electron chi connectivity index (χ4n) is 4.81. The Hall–Kier alpha value is -4.19. The minimum Gasteiger partial charge on any atom is -0.467 e. The van der Waals surface area contributed by atoms with Crippen molar-refractivity contribution in [3.63, 3.8) is 0 Å². The van der Waals surface area contributed by atoms with Crippen molar-refractivity contribution in [3.8, 4) is 0 Å². The number of aromatic nitrogens is 2. The van der Waals surface area contributed by atoms with Gasteiger partial charge in [0.1, 0.15) is 6.04 Å². The van der Waals surface area contributed by atoms with E-state index < -0.39 is 17.9 Å². The molecule has 0 N–H and O–H groups in total. The van der Waals surface area contributed by atoms with E-state index in [1.165, 1.54) is 7.11 Å². The third-order valence-electron chi connectivity index (χ3n) is 6.58. The van der Waals surface area contributed by atoms with Crippen LogP contribution in [-0.2, 0) is 33.8 Å². The van der Waals surface area contributed by atoms with Gasteiger partial charge in [-0.15, -0.1) is 0 Å². The zero-order chi connectivity index (χ0) is 24.2. The highest BCUT2D eigenvalue weighted by molar-refractivity contribution is 5.91. The summed E-state index contributed by atoms with van der Waals surface area (Å²) in [5.74, 6) is -1.09. The van der Waals surface area contributed by atoms with Gasteiger partial charge in [0.15, 0.2) is 0 Å². The molecule has 35 heavy (non-hydrogen) atoms. The molecule has 0 radical (unpaired) electrons. The number of benzene rings is 3. The van der Waals surface area contributed by atoms with E-state index in [1.807, 2.05) is 78.9 Å². The maximum absolute atomic E-state index is 14.1. The number of amides is 1. The lowest BCUT2D eigenvalue weighted by Crippen LogP contribution is -2.51. The summed E-state index contributed by atoms with van der Waals surface area (Å²) in [6.07, 6.45) is 2.16. The van der Waals surface area contributed by atoms with Crippen LogP contribution in [0, 0.1) is 0 Å². The Labute approximate surface area is 204 Å². The number of hydrogen-bond acceptors (Lipinski definition) is 4. The maximum Gasteiger partial charge on any atom is 0.328 e. The van der Waals surface area contributed by atoms with Gasteiger partial charge in [0.2, 0.25) is 5.91 Å². The van der Waals surface area contributed by atoms with Crippen molar-refractivity contribution in [1.82, 2.24) is 14.5 Å². The highest BCUT2D eigenvalue weighted by Crippen LogP contribution is 2.32. The van der Waals surface area contributed by atoms with Gasteiger partial charge in [0.05, 0.1) is 31.6 Å². The Morgan fingerprint density at radius 1 is 0.914 bits per heavy atom. The smallest absolute Gasteiger partial charge is 0.328 e. The van der Waals surface area contributed by atoms with Gasteiger partial charge in [0.25, 0.3) is 0 Å². The summed E-state index contributed by atoms with van der Waals surface area (Å²) in [5, 5.41) is 0. The standard InChI is InChI=1S/C29H27N3O3/c1-35-29(34)26-17-25-24(30-20-31(25)18-21-11-5-2-6-12-21)19-32(26)28(33)27(22-13-7-3-8-14-22)23-15-9-4-10-16-23/h2-16,20,26-27H,17-19H2,1H3/t26-/m0/s1. The molecular formula is C29H27N3O3. The second-order valence-electron chi connectivity index (χ2n) is 8.72. The predicted octanol–water partition coefficient (Wildman–Crippen LogP) is 4.19. The fourth-order valence-corrected chi connectivity index (χ4v) is 4.81. The van der Waals surface area contributed by atoms with E-state index in [4.69, 9.17) is 4.74 Å². The quantitative estimate of drug-likeness (QED) is 0.401. The van der Waals surface area contributed by atoms with Crippen LogP contribution < -0.4 is 0 Å². The van der Waals surface area contributed by atoms with Crippen LogP contribution in [0.4, 0.5) is 0 Å². The molecule has 0 unspecified atom stereocenters. The van der Waals surface area contributed by atoms with Gasteiger partial charge in [-0.05, 0) is 16.7 Å². The van der Waals surface area contributed by atoms with Crippen molar-refractivity contribution in [2.24, 2.45) is 0 Å². The monoisotopic (exact) mass is 465 g/mol. The van der Waals surface area contributed by atoms with Crippen LogP contribution >= 0.6 is 0 Å². The Bertz CT molecular complexity index is 1260. The maximum atomic E-state index is 14.1. The summed E-state index contributed by atoms with van der Waals surface area (Å²) in [6, 6.07) is 28.8. The number of nitrogens with zero attached hydrogens (tertiary/aromatic N) is 3. The van der Waals surface area contributed by atoms with Gasteiger partial charge in [-0.3, -0.25) is 4.79 Å². The number of hydrogen-bond donors (Lipinski definition) is 0. The van der Waals surface area contributed by atoms with Gasteiger partial charge in [-0.25, -0.2) is 9.78 Å². The molecule has 1 aliphatic rings. The van der Waals surface area contributed by atoms with Crippen molar-refractivity contribution in [2.45, 2.75) is 31.5 Å². The normalized spacial score (nSPS) is 15.0. The van der Waals surface area contributed by atoms with E-state index in [9.17, 15) is 9.59 Å². The van der Waals surface area contributed by atoms with Gasteiger partial charge >= 0.3 is 5.97 Å². The van der Waals surface area contributed by atoms with Crippen molar-refractivity contribution >= 4 is 11.9 Å². The second-order valence-corrected chi connectivity index (χ2v) is 8.72. The van der Waals surface area contributed by atoms with Crippen molar-refractivity contribution < 1.29 is 14.3 Å². The summed E-state index contributed by atoms with van der Waals surface area (Å²) in [4.78, 5) is 33.3. The third-order valence-corrected chi connectivity index (χ3v) is 6.58. The summed E-state index contributed by atoms with van der Waals surface area (Å²) in [6.45, 7) is 0.910. The first-order chi connectivity index (χ1) is 17.2. The van der Waals surface area contributed by atoms with Crippen LogP contribution in [0.25, 0.3) is 0 Å². The van der Waals surface area contributed by atoms with Crippen molar-refractivity contribution in [3.05, 3.63) is 125 Å². The molecule has 0 aliphatic carbocycles. The van der Waals surface area contributed by atoms with Crippen LogP contribution in [0.5, 0.6) is 0 Å². The molecule has 176 valence electrons. The molecule has 1 aromatic heterocycles. The lowest BCUT2D eigenvalue weighted by Gasteiger charge is -2.36. The zero-order valence-corrected chi connectivity index (χ0v) is 19.6. The van der Waals surface area contributed by atoms with Gasteiger partial charge in [-0.2, -0.15) is 0 Å². The van der Waals surface area contributed by atoms with E-state index >= 15 is 0 Å². The number of imidazole rings is 1. The number of ether oxygens (including phenoxy) is 1. The van der Waals surface area contributed by atoms with E-state index in [-0.39, 0.29) is 12.5 Å². The highest BCUT2D eigenvalue weighted by atomic mass is 16.5. The van der Waals surface area contributed by atoms with E-state index in [2.05, 4.69) is 21.7 Å². The summed E-state index contributed by atoms with van der Waals surface area (Å²) in [5.41, 5.74) is 4.69. The number of methoxy groups -OCH3 is 1. The number of carbonyl (C=O) groups excluding carboxylic acids is 2. The molecule has 0 fully saturated rings. The third kappa shape index (κ3) is 4.60. The van der Waals surface area contributed by atoms with E-state index in [0.717, 1.165) is 28.1 Å². The average Bonchev–Trinajstić information content (AvgIpc) is 3.31. The molecule has 3 aromatic carbocycles. The van der Waals surface area contributed by atoms with Crippen molar-refractivity contribution in [1.29, 1.82) is 0 Å². The van der Waals surface area contributed by atoms with Crippen LogP contribution in [-0.4, -0.2) is 39.5 Å².